The van der Waals surface area contributed by atoms with Crippen molar-refractivity contribution in [3.63, 3.8) is 0 Å². The van der Waals surface area contributed by atoms with Crippen LogP contribution in [-0.2, 0) is 4.74 Å². The number of nitrogens with zero attached hydrogens (tertiary/aromatic N) is 1. The van der Waals surface area contributed by atoms with Gasteiger partial charge in [0, 0.05) is 32.2 Å². The Bertz CT molecular complexity index is 269. The number of rotatable bonds is 6. The van der Waals surface area contributed by atoms with Gasteiger partial charge in [0.15, 0.2) is 0 Å². The fraction of sp³-hybridized carbons (Fsp3) is 0.929. The van der Waals surface area contributed by atoms with E-state index in [0.29, 0.717) is 19.7 Å². The first-order valence-corrected chi connectivity index (χ1v) is 7.33. The molecule has 1 fully saturated rings. The Labute approximate surface area is 116 Å². The number of ether oxygens (including phenoxy) is 1. The molecule has 0 spiro atoms. The fourth-order valence-electron chi connectivity index (χ4n) is 2.29. The van der Waals surface area contributed by atoms with Crippen molar-refractivity contribution in [2.24, 2.45) is 5.92 Å². The first-order chi connectivity index (χ1) is 9.00. The molecule has 1 aliphatic heterocycles. The van der Waals surface area contributed by atoms with Gasteiger partial charge in [-0.1, -0.05) is 0 Å². The molecular formula is C14H28N2O3. The minimum absolute atomic E-state index is 0.0186. The van der Waals surface area contributed by atoms with Gasteiger partial charge in [-0.25, -0.2) is 4.79 Å². The van der Waals surface area contributed by atoms with Crippen LogP contribution in [0.25, 0.3) is 0 Å². The molecule has 112 valence electrons. The predicted molar refractivity (Wildman–Crippen MR) is 75.1 cm³/mol. The fourth-order valence-corrected chi connectivity index (χ4v) is 2.29. The number of amides is 2. The number of aliphatic hydroxyl groups is 1. The monoisotopic (exact) mass is 272 g/mol. The zero-order valence-electron chi connectivity index (χ0n) is 12.4. The highest BCUT2D eigenvalue weighted by molar-refractivity contribution is 5.74. The molecular weight excluding hydrogens is 244 g/mol. The third-order valence-electron chi connectivity index (χ3n) is 3.48. The molecule has 0 aliphatic carbocycles. The Morgan fingerprint density at radius 1 is 1.47 bits per heavy atom. The van der Waals surface area contributed by atoms with Crippen LogP contribution in [0.1, 0.15) is 40.0 Å². The number of piperidine rings is 1. The molecule has 0 aromatic heterocycles. The Kier molecular flexibility index (Phi) is 7.16. The minimum Gasteiger partial charge on any atom is -0.393 e. The zero-order chi connectivity index (χ0) is 14.3. The Morgan fingerprint density at radius 3 is 2.84 bits per heavy atom. The van der Waals surface area contributed by atoms with Gasteiger partial charge in [-0.2, -0.15) is 0 Å². The number of aliphatic hydroxyl groups excluding tert-OH is 1. The number of carbonyl (C=O) groups is 1. The number of urea groups is 1. The van der Waals surface area contributed by atoms with Gasteiger partial charge in [0.2, 0.25) is 0 Å². The van der Waals surface area contributed by atoms with Crippen LogP contribution in [-0.4, -0.2) is 54.5 Å². The summed E-state index contributed by atoms with van der Waals surface area (Å²) in [6.45, 7) is 8.57. The molecule has 0 aromatic rings. The summed E-state index contributed by atoms with van der Waals surface area (Å²) in [7, 11) is 0. The molecule has 0 radical (unpaired) electrons. The molecule has 1 rings (SSSR count). The average Bonchev–Trinajstić information content (AvgIpc) is 2.37. The lowest BCUT2D eigenvalue weighted by Gasteiger charge is -2.34. The Balaban J connectivity index is 2.18. The summed E-state index contributed by atoms with van der Waals surface area (Å²) in [4.78, 5) is 13.8. The molecule has 0 aromatic carbocycles. The highest BCUT2D eigenvalue weighted by Gasteiger charge is 2.26. The average molecular weight is 272 g/mol. The van der Waals surface area contributed by atoms with E-state index in [-0.39, 0.29) is 24.2 Å². The first-order valence-electron chi connectivity index (χ1n) is 7.33. The summed E-state index contributed by atoms with van der Waals surface area (Å²) in [5.41, 5.74) is 0. The topological polar surface area (TPSA) is 61.8 Å². The number of nitrogens with one attached hydrogen (secondary N) is 1. The summed E-state index contributed by atoms with van der Waals surface area (Å²) >= 11 is 0. The highest BCUT2D eigenvalue weighted by atomic mass is 16.5. The van der Waals surface area contributed by atoms with Crippen LogP contribution in [0.15, 0.2) is 0 Å². The van der Waals surface area contributed by atoms with Crippen LogP contribution < -0.4 is 5.32 Å². The van der Waals surface area contributed by atoms with Crippen molar-refractivity contribution in [3.8, 4) is 0 Å². The van der Waals surface area contributed by atoms with Gasteiger partial charge in [-0.3, -0.25) is 0 Å². The number of likely N-dealkylation sites (tertiary alicyclic amines) is 1. The lowest BCUT2D eigenvalue weighted by Crippen LogP contribution is -2.47. The van der Waals surface area contributed by atoms with Crippen LogP contribution in [0.2, 0.25) is 0 Å². The van der Waals surface area contributed by atoms with Gasteiger partial charge in [-0.05, 0) is 40.0 Å². The molecule has 1 aliphatic rings. The van der Waals surface area contributed by atoms with E-state index in [1.165, 1.54) is 0 Å². The van der Waals surface area contributed by atoms with Crippen molar-refractivity contribution in [2.75, 3.05) is 26.2 Å². The quantitative estimate of drug-likeness (QED) is 0.722. The van der Waals surface area contributed by atoms with Crippen LogP contribution in [0.5, 0.6) is 0 Å². The maximum Gasteiger partial charge on any atom is 0.317 e. The summed E-state index contributed by atoms with van der Waals surface area (Å²) in [6.07, 6.45) is 2.71. The molecule has 1 saturated heterocycles. The molecule has 5 nitrogen and oxygen atoms in total. The summed E-state index contributed by atoms with van der Waals surface area (Å²) in [6, 6.07) is -0.0186. The van der Waals surface area contributed by atoms with Crippen molar-refractivity contribution >= 4 is 6.03 Å². The third-order valence-corrected chi connectivity index (χ3v) is 3.48. The second kappa shape index (κ2) is 8.38. The van der Waals surface area contributed by atoms with Gasteiger partial charge < -0.3 is 20.1 Å². The van der Waals surface area contributed by atoms with E-state index in [4.69, 9.17) is 4.74 Å². The largest absolute Gasteiger partial charge is 0.393 e. The van der Waals surface area contributed by atoms with E-state index in [9.17, 15) is 9.90 Å². The zero-order valence-corrected chi connectivity index (χ0v) is 12.4. The maximum atomic E-state index is 12.0. The van der Waals surface area contributed by atoms with E-state index in [1.807, 2.05) is 18.7 Å². The number of hydrogen-bond donors (Lipinski definition) is 2. The van der Waals surface area contributed by atoms with Crippen molar-refractivity contribution in [1.82, 2.24) is 10.2 Å². The van der Waals surface area contributed by atoms with Crippen molar-refractivity contribution < 1.29 is 14.6 Å². The van der Waals surface area contributed by atoms with Crippen LogP contribution in [0, 0.1) is 5.92 Å². The van der Waals surface area contributed by atoms with Crippen molar-refractivity contribution in [2.45, 2.75) is 52.2 Å². The SMILES string of the molecule is CC(C)OCCCNC(=O)N1CCCC(C(C)O)C1. The van der Waals surface area contributed by atoms with E-state index >= 15 is 0 Å². The lowest BCUT2D eigenvalue weighted by molar-refractivity contribution is 0.0713. The molecule has 2 N–H and O–H groups in total. The lowest BCUT2D eigenvalue weighted by atomic mass is 9.94. The molecule has 1 heterocycles. The normalized spacial score (nSPS) is 21.5. The third kappa shape index (κ3) is 6.25. The molecule has 5 heteroatoms. The van der Waals surface area contributed by atoms with Crippen LogP contribution in [0.3, 0.4) is 0 Å². The second-order valence-electron chi connectivity index (χ2n) is 5.59. The summed E-state index contributed by atoms with van der Waals surface area (Å²) in [5.74, 6) is 0.212. The maximum absolute atomic E-state index is 12.0. The molecule has 2 atom stereocenters. The van der Waals surface area contributed by atoms with Gasteiger partial charge >= 0.3 is 6.03 Å². The first kappa shape index (κ1) is 16.2. The van der Waals surface area contributed by atoms with E-state index in [0.717, 1.165) is 25.8 Å². The van der Waals surface area contributed by atoms with Crippen LogP contribution >= 0.6 is 0 Å². The summed E-state index contributed by atoms with van der Waals surface area (Å²) in [5, 5.41) is 12.5. The van der Waals surface area contributed by atoms with Crippen molar-refractivity contribution in [3.05, 3.63) is 0 Å². The Morgan fingerprint density at radius 2 is 2.21 bits per heavy atom. The molecule has 0 saturated carbocycles. The van der Waals surface area contributed by atoms with E-state index < -0.39 is 0 Å². The van der Waals surface area contributed by atoms with Gasteiger partial charge in [-0.15, -0.1) is 0 Å². The molecule has 2 amide bonds. The van der Waals surface area contributed by atoms with E-state index in [2.05, 4.69) is 5.32 Å². The van der Waals surface area contributed by atoms with Crippen LogP contribution in [0.4, 0.5) is 4.79 Å². The van der Waals surface area contributed by atoms with Gasteiger partial charge in [0.05, 0.1) is 12.2 Å². The minimum atomic E-state index is -0.338. The van der Waals surface area contributed by atoms with E-state index in [1.54, 1.807) is 6.92 Å². The molecule has 0 bridgehead atoms. The molecule has 2 unspecified atom stereocenters. The summed E-state index contributed by atoms with van der Waals surface area (Å²) < 4.78 is 5.42. The standard InChI is InChI=1S/C14H28N2O3/c1-11(2)19-9-5-7-15-14(18)16-8-4-6-13(10-16)12(3)17/h11-13,17H,4-10H2,1-3H3,(H,15,18). The Hall–Kier alpha value is -0.810. The smallest absolute Gasteiger partial charge is 0.317 e. The number of carbonyl (C=O) groups excluding carboxylic acids is 1. The predicted octanol–water partition coefficient (Wildman–Crippen LogP) is 1.60. The highest BCUT2D eigenvalue weighted by Crippen LogP contribution is 2.19. The van der Waals surface area contributed by atoms with Gasteiger partial charge in [0.1, 0.15) is 0 Å². The van der Waals surface area contributed by atoms with Gasteiger partial charge in [0.25, 0.3) is 0 Å². The second-order valence-corrected chi connectivity index (χ2v) is 5.59. The van der Waals surface area contributed by atoms with Crippen molar-refractivity contribution in [1.29, 1.82) is 0 Å². The number of hydrogen-bond acceptors (Lipinski definition) is 3. The molecule has 19 heavy (non-hydrogen) atoms.